The molecule has 1 aliphatic rings. The second-order valence-electron chi connectivity index (χ2n) is 10.0. The number of rotatable bonds is 4. The monoisotopic (exact) mass is 507 g/mol. The fourth-order valence-electron chi connectivity index (χ4n) is 4.36. The molecule has 2 N–H and O–H groups in total. The molecule has 1 unspecified atom stereocenters. The van der Waals surface area contributed by atoms with Gasteiger partial charge in [-0.3, -0.25) is 9.59 Å². The number of ketones is 1. The van der Waals surface area contributed by atoms with E-state index in [2.05, 4.69) is 0 Å². The van der Waals surface area contributed by atoms with E-state index in [1.165, 1.54) is 41.3 Å². The largest absolute Gasteiger partial charge is 0.507 e. The number of halogens is 2. The van der Waals surface area contributed by atoms with Crippen molar-refractivity contribution < 1.29 is 24.2 Å². The van der Waals surface area contributed by atoms with Gasteiger partial charge in [0.1, 0.15) is 17.3 Å². The Balaban J connectivity index is 1.92. The number of phenolic OH excluding ortho intramolecular Hbond substituents is 1. The smallest absolute Gasteiger partial charge is 0.295 e. The van der Waals surface area contributed by atoms with E-state index >= 15 is 0 Å². The molecule has 3 aromatic carbocycles. The van der Waals surface area contributed by atoms with Gasteiger partial charge in [-0.2, -0.15) is 0 Å². The number of hydrogen-bond donors (Lipinski definition) is 2. The topological polar surface area (TPSA) is 77.8 Å². The average Bonchev–Trinajstić information content (AvgIpc) is 3.06. The number of amides is 1. The first-order valence-corrected chi connectivity index (χ1v) is 11.9. The molecule has 0 aromatic heterocycles. The number of carbonyl (C=O) groups excluding carboxylic acids is 2. The van der Waals surface area contributed by atoms with Crippen molar-refractivity contribution in [1.29, 1.82) is 0 Å². The van der Waals surface area contributed by atoms with Crippen LogP contribution in [0.2, 0.25) is 5.02 Å². The summed E-state index contributed by atoms with van der Waals surface area (Å²) in [6.07, 6.45) is 0. The van der Waals surface area contributed by atoms with E-state index in [1.807, 2.05) is 45.9 Å². The normalized spacial score (nSPS) is 17.6. The number of aryl methyl sites for hydroxylation is 1. The molecule has 1 heterocycles. The highest BCUT2D eigenvalue weighted by atomic mass is 35.5. The van der Waals surface area contributed by atoms with Gasteiger partial charge in [0, 0.05) is 12.1 Å². The summed E-state index contributed by atoms with van der Waals surface area (Å²) in [7, 11) is 0. The number of nitrogens with zero attached hydrogens (tertiary/aromatic N) is 1. The Morgan fingerprint density at radius 1 is 1.03 bits per heavy atom. The molecule has 1 fully saturated rings. The van der Waals surface area contributed by atoms with E-state index in [4.69, 9.17) is 11.6 Å². The molecule has 0 saturated carbocycles. The lowest BCUT2D eigenvalue weighted by Crippen LogP contribution is -2.29. The summed E-state index contributed by atoms with van der Waals surface area (Å²) in [5.74, 6) is -2.47. The maximum Gasteiger partial charge on any atom is 0.295 e. The van der Waals surface area contributed by atoms with Crippen LogP contribution in [0, 0.1) is 12.7 Å². The first kappa shape index (κ1) is 25.5. The van der Waals surface area contributed by atoms with Crippen molar-refractivity contribution in [2.75, 3.05) is 0 Å². The standard InChI is InChI=1S/C29H27ClFNO4/c1-16-5-9-19(29(2,3)4)14-21(16)26(34)24-25(18-8-12-23(33)22(30)13-18)32(28(36)27(24)35)15-17-6-10-20(31)11-7-17/h5-14,25,33-34H,15H2,1-4H3/b26-24+. The van der Waals surface area contributed by atoms with Gasteiger partial charge in [0.05, 0.1) is 16.6 Å². The van der Waals surface area contributed by atoms with Gasteiger partial charge in [0.2, 0.25) is 0 Å². The van der Waals surface area contributed by atoms with Crippen LogP contribution >= 0.6 is 11.6 Å². The zero-order valence-corrected chi connectivity index (χ0v) is 21.2. The van der Waals surface area contributed by atoms with Gasteiger partial charge in [-0.15, -0.1) is 0 Å². The third-order valence-electron chi connectivity index (χ3n) is 6.45. The number of likely N-dealkylation sites (tertiary alicyclic amines) is 1. The summed E-state index contributed by atoms with van der Waals surface area (Å²) in [6.45, 7) is 7.96. The van der Waals surface area contributed by atoms with Crippen LogP contribution in [-0.4, -0.2) is 26.8 Å². The lowest BCUT2D eigenvalue weighted by molar-refractivity contribution is -0.140. The van der Waals surface area contributed by atoms with Crippen molar-refractivity contribution in [2.24, 2.45) is 0 Å². The Hall–Kier alpha value is -3.64. The molecule has 36 heavy (non-hydrogen) atoms. The van der Waals surface area contributed by atoms with Gasteiger partial charge in [-0.1, -0.05) is 62.7 Å². The van der Waals surface area contributed by atoms with E-state index in [0.29, 0.717) is 16.7 Å². The molecule has 1 aliphatic heterocycles. The maximum absolute atomic E-state index is 13.5. The molecule has 5 nitrogen and oxygen atoms in total. The van der Waals surface area contributed by atoms with Gasteiger partial charge in [0.15, 0.2) is 0 Å². The molecule has 1 saturated heterocycles. The van der Waals surface area contributed by atoms with Crippen LogP contribution < -0.4 is 0 Å². The summed E-state index contributed by atoms with van der Waals surface area (Å²) in [5.41, 5.74) is 2.94. The third kappa shape index (κ3) is 4.73. The summed E-state index contributed by atoms with van der Waals surface area (Å²) in [5, 5.41) is 21.5. The number of benzene rings is 3. The molecular formula is C29H27ClFNO4. The molecule has 7 heteroatoms. The Labute approximate surface area is 214 Å². The van der Waals surface area contributed by atoms with Gasteiger partial charge < -0.3 is 15.1 Å². The summed E-state index contributed by atoms with van der Waals surface area (Å²) < 4.78 is 13.5. The van der Waals surface area contributed by atoms with Crippen LogP contribution in [-0.2, 0) is 21.5 Å². The van der Waals surface area contributed by atoms with E-state index in [1.54, 1.807) is 6.07 Å². The molecule has 186 valence electrons. The second-order valence-corrected chi connectivity index (χ2v) is 10.5. The van der Waals surface area contributed by atoms with Crippen LogP contribution in [0.1, 0.15) is 54.6 Å². The van der Waals surface area contributed by atoms with E-state index in [9.17, 15) is 24.2 Å². The Bertz CT molecular complexity index is 1390. The van der Waals surface area contributed by atoms with Crippen LogP contribution in [0.25, 0.3) is 5.76 Å². The fraction of sp³-hybridized carbons (Fsp3) is 0.241. The van der Waals surface area contributed by atoms with E-state index < -0.39 is 23.5 Å². The quantitative estimate of drug-likeness (QED) is 0.243. The average molecular weight is 508 g/mol. The van der Waals surface area contributed by atoms with Crippen LogP contribution in [0.3, 0.4) is 0 Å². The molecule has 0 radical (unpaired) electrons. The van der Waals surface area contributed by atoms with Crippen molar-refractivity contribution in [3.8, 4) is 5.75 Å². The zero-order chi connectivity index (χ0) is 26.4. The highest BCUT2D eigenvalue weighted by molar-refractivity contribution is 6.46. The molecule has 0 aliphatic carbocycles. The first-order valence-electron chi connectivity index (χ1n) is 11.5. The van der Waals surface area contributed by atoms with E-state index in [0.717, 1.165) is 11.1 Å². The first-order chi connectivity index (χ1) is 16.9. The Kier molecular flexibility index (Phi) is 6.67. The molecular weight excluding hydrogens is 481 g/mol. The van der Waals surface area contributed by atoms with Crippen LogP contribution in [0.4, 0.5) is 4.39 Å². The van der Waals surface area contributed by atoms with Crippen molar-refractivity contribution in [1.82, 2.24) is 4.90 Å². The predicted molar refractivity (Wildman–Crippen MR) is 137 cm³/mol. The third-order valence-corrected chi connectivity index (χ3v) is 6.76. The number of phenols is 1. The minimum absolute atomic E-state index is 0.00576. The molecule has 4 rings (SSSR count). The lowest BCUT2D eigenvalue weighted by atomic mass is 9.84. The highest BCUT2D eigenvalue weighted by Crippen LogP contribution is 2.42. The van der Waals surface area contributed by atoms with Crippen LogP contribution in [0.15, 0.2) is 66.2 Å². The second kappa shape index (κ2) is 9.43. The van der Waals surface area contributed by atoms with Crippen molar-refractivity contribution >= 4 is 29.1 Å². The van der Waals surface area contributed by atoms with Crippen LogP contribution in [0.5, 0.6) is 5.75 Å². The molecule has 1 amide bonds. The fourth-order valence-corrected chi connectivity index (χ4v) is 4.55. The highest BCUT2D eigenvalue weighted by Gasteiger charge is 2.46. The molecule has 0 bridgehead atoms. The minimum Gasteiger partial charge on any atom is -0.507 e. The predicted octanol–water partition coefficient (Wildman–Crippen LogP) is 6.41. The SMILES string of the molecule is Cc1ccc(C(C)(C)C)cc1/C(O)=C1\C(=O)C(=O)N(Cc2ccc(F)cc2)C1c1ccc(O)c(Cl)c1. The maximum atomic E-state index is 13.5. The van der Waals surface area contributed by atoms with Crippen molar-refractivity contribution in [3.63, 3.8) is 0 Å². The Morgan fingerprint density at radius 2 is 1.69 bits per heavy atom. The number of aliphatic hydroxyl groups excluding tert-OH is 1. The lowest BCUT2D eigenvalue weighted by Gasteiger charge is -2.26. The summed E-state index contributed by atoms with van der Waals surface area (Å²) in [6, 6.07) is 14.7. The minimum atomic E-state index is -0.967. The zero-order valence-electron chi connectivity index (χ0n) is 20.5. The summed E-state index contributed by atoms with van der Waals surface area (Å²) in [4.78, 5) is 27.9. The van der Waals surface area contributed by atoms with Crippen molar-refractivity contribution in [3.05, 3.63) is 105 Å². The van der Waals surface area contributed by atoms with E-state index in [-0.39, 0.29) is 34.1 Å². The Morgan fingerprint density at radius 3 is 2.31 bits per heavy atom. The number of hydrogen-bond acceptors (Lipinski definition) is 4. The van der Waals surface area contributed by atoms with Gasteiger partial charge in [-0.05, 0) is 64.9 Å². The number of Topliss-reactive ketones (excluding diaryl/α,β-unsaturated/α-hetero) is 1. The summed E-state index contributed by atoms with van der Waals surface area (Å²) >= 11 is 6.17. The van der Waals surface area contributed by atoms with Crippen molar-refractivity contribution in [2.45, 2.75) is 45.7 Å². The molecule has 0 spiro atoms. The number of carbonyl (C=O) groups is 2. The number of aromatic hydroxyl groups is 1. The van der Waals surface area contributed by atoms with Gasteiger partial charge >= 0.3 is 0 Å². The molecule has 1 atom stereocenters. The molecule has 3 aromatic rings. The van der Waals surface area contributed by atoms with Gasteiger partial charge in [-0.25, -0.2) is 4.39 Å². The number of aliphatic hydroxyl groups is 1. The van der Waals surface area contributed by atoms with Gasteiger partial charge in [0.25, 0.3) is 11.7 Å².